The number of hydrogen-bond acceptors (Lipinski definition) is 4. The van der Waals surface area contributed by atoms with E-state index in [1.807, 2.05) is 13.8 Å². The van der Waals surface area contributed by atoms with Crippen molar-refractivity contribution >= 4 is 5.91 Å². The molecular formula is C13H19F3N2O3. The average molecular weight is 308 g/mol. The Morgan fingerprint density at radius 2 is 1.86 bits per heavy atom. The molecule has 1 rings (SSSR count). The van der Waals surface area contributed by atoms with E-state index in [2.05, 4.69) is 10.3 Å². The molecule has 21 heavy (non-hydrogen) atoms. The third-order valence-electron chi connectivity index (χ3n) is 2.94. The third kappa shape index (κ3) is 3.96. The predicted octanol–water partition coefficient (Wildman–Crippen LogP) is 2.54. The average Bonchev–Trinajstić information content (AvgIpc) is 2.68. The lowest BCUT2D eigenvalue weighted by molar-refractivity contribution is -0.222. The van der Waals surface area contributed by atoms with E-state index < -0.39 is 23.7 Å². The molecule has 1 atom stereocenters. The number of carbonyl (C=O) groups excluding carboxylic acids is 1. The zero-order chi connectivity index (χ0) is 16.6. The summed E-state index contributed by atoms with van der Waals surface area (Å²) in [5.74, 6) is -0.729. The number of rotatable bonds is 4. The van der Waals surface area contributed by atoms with Crippen LogP contribution in [0, 0.1) is 6.92 Å². The van der Waals surface area contributed by atoms with Crippen LogP contribution in [0.5, 0.6) is 0 Å². The van der Waals surface area contributed by atoms with E-state index in [0.29, 0.717) is 5.89 Å². The fraction of sp³-hybridized carbons (Fsp3) is 0.692. The van der Waals surface area contributed by atoms with Crippen molar-refractivity contribution in [3.8, 4) is 0 Å². The lowest BCUT2D eigenvalue weighted by Crippen LogP contribution is -2.57. The van der Waals surface area contributed by atoms with Gasteiger partial charge in [0.15, 0.2) is 12.0 Å². The first-order valence-corrected chi connectivity index (χ1v) is 6.41. The SMILES string of the molecule is Cc1nc(C(C)C)oc1C(=O)NC(C)(C)C(O)C(F)(F)F. The van der Waals surface area contributed by atoms with Crippen LogP contribution in [0.15, 0.2) is 4.42 Å². The molecule has 0 saturated carbocycles. The molecule has 0 bridgehead atoms. The summed E-state index contributed by atoms with van der Waals surface area (Å²) in [6.07, 6.45) is -7.53. The summed E-state index contributed by atoms with van der Waals surface area (Å²) in [7, 11) is 0. The molecule has 1 aromatic rings. The van der Waals surface area contributed by atoms with Gasteiger partial charge in [-0.15, -0.1) is 0 Å². The van der Waals surface area contributed by atoms with E-state index in [4.69, 9.17) is 4.42 Å². The number of hydrogen-bond donors (Lipinski definition) is 2. The monoisotopic (exact) mass is 308 g/mol. The van der Waals surface area contributed by atoms with Crippen LogP contribution >= 0.6 is 0 Å². The van der Waals surface area contributed by atoms with Crippen LogP contribution in [-0.4, -0.2) is 33.8 Å². The van der Waals surface area contributed by atoms with Gasteiger partial charge in [-0.3, -0.25) is 4.79 Å². The molecule has 0 radical (unpaired) electrons. The van der Waals surface area contributed by atoms with Gasteiger partial charge in [-0.2, -0.15) is 13.2 Å². The molecule has 0 aromatic carbocycles. The summed E-state index contributed by atoms with van der Waals surface area (Å²) < 4.78 is 42.9. The smallest absolute Gasteiger partial charge is 0.416 e. The Kier molecular flexibility index (Phi) is 4.72. The number of nitrogens with one attached hydrogen (secondary N) is 1. The van der Waals surface area contributed by atoms with E-state index in [9.17, 15) is 23.1 Å². The van der Waals surface area contributed by atoms with E-state index in [-0.39, 0.29) is 17.4 Å². The van der Waals surface area contributed by atoms with Crippen LogP contribution in [0.2, 0.25) is 0 Å². The first-order valence-electron chi connectivity index (χ1n) is 6.41. The number of aliphatic hydroxyl groups excluding tert-OH is 1. The zero-order valence-corrected chi connectivity index (χ0v) is 12.5. The van der Waals surface area contributed by atoms with Crippen LogP contribution in [0.4, 0.5) is 13.2 Å². The minimum Gasteiger partial charge on any atom is -0.435 e. The molecule has 1 unspecified atom stereocenters. The molecule has 1 aromatic heterocycles. The number of aliphatic hydroxyl groups is 1. The van der Waals surface area contributed by atoms with Crippen molar-refractivity contribution in [3.05, 3.63) is 17.3 Å². The van der Waals surface area contributed by atoms with Gasteiger partial charge in [0.1, 0.15) is 0 Å². The maximum Gasteiger partial charge on any atom is 0.416 e. The summed E-state index contributed by atoms with van der Waals surface area (Å²) in [4.78, 5) is 16.1. The highest BCUT2D eigenvalue weighted by atomic mass is 19.4. The minimum absolute atomic E-state index is 0.0565. The Balaban J connectivity index is 2.95. The van der Waals surface area contributed by atoms with Crippen molar-refractivity contribution in [2.75, 3.05) is 0 Å². The molecule has 0 aliphatic carbocycles. The van der Waals surface area contributed by atoms with Crippen molar-refractivity contribution in [1.29, 1.82) is 0 Å². The third-order valence-corrected chi connectivity index (χ3v) is 2.94. The molecule has 0 spiro atoms. The Morgan fingerprint density at radius 3 is 2.24 bits per heavy atom. The standard InChI is InChI=1S/C13H19F3N2O3/c1-6(2)10-17-7(3)8(21-10)9(19)18-12(4,5)11(20)13(14,15)16/h6,11,20H,1-5H3,(H,18,19). The van der Waals surface area contributed by atoms with Gasteiger partial charge in [0.05, 0.1) is 11.2 Å². The van der Waals surface area contributed by atoms with Gasteiger partial charge < -0.3 is 14.8 Å². The first-order chi connectivity index (χ1) is 9.36. The Morgan fingerprint density at radius 1 is 1.33 bits per heavy atom. The van der Waals surface area contributed by atoms with Crippen LogP contribution in [-0.2, 0) is 0 Å². The lowest BCUT2D eigenvalue weighted by Gasteiger charge is -2.32. The number of aromatic nitrogens is 1. The van der Waals surface area contributed by atoms with Crippen LogP contribution < -0.4 is 5.32 Å². The summed E-state index contributed by atoms with van der Waals surface area (Å²) in [5.41, 5.74) is -1.61. The van der Waals surface area contributed by atoms with E-state index >= 15 is 0 Å². The molecule has 0 fully saturated rings. The van der Waals surface area contributed by atoms with Crippen LogP contribution in [0.3, 0.4) is 0 Å². The quantitative estimate of drug-likeness (QED) is 0.896. The zero-order valence-electron chi connectivity index (χ0n) is 12.5. The van der Waals surface area contributed by atoms with Crippen LogP contribution in [0.1, 0.15) is 55.8 Å². The van der Waals surface area contributed by atoms with Crippen molar-refractivity contribution in [3.63, 3.8) is 0 Å². The molecule has 8 heteroatoms. The lowest BCUT2D eigenvalue weighted by atomic mass is 9.96. The minimum atomic E-state index is -4.84. The van der Waals surface area contributed by atoms with Crippen molar-refractivity contribution in [2.45, 2.75) is 58.4 Å². The van der Waals surface area contributed by atoms with Gasteiger partial charge >= 0.3 is 6.18 Å². The molecule has 1 amide bonds. The summed E-state index contributed by atoms with van der Waals surface area (Å²) in [6.45, 7) is 7.31. The van der Waals surface area contributed by atoms with Gasteiger partial charge in [-0.1, -0.05) is 13.8 Å². The van der Waals surface area contributed by atoms with Gasteiger partial charge in [-0.25, -0.2) is 4.98 Å². The number of nitrogens with zero attached hydrogens (tertiary/aromatic N) is 1. The van der Waals surface area contributed by atoms with E-state index in [1.165, 1.54) is 6.92 Å². The number of halogens is 3. The molecule has 1 heterocycles. The fourth-order valence-corrected chi connectivity index (χ4v) is 1.70. The molecule has 5 nitrogen and oxygen atoms in total. The van der Waals surface area contributed by atoms with E-state index in [0.717, 1.165) is 13.8 Å². The number of alkyl halides is 3. The number of carbonyl (C=O) groups is 1. The summed E-state index contributed by atoms with van der Waals surface area (Å²) in [6, 6.07) is 0. The van der Waals surface area contributed by atoms with Crippen LogP contribution in [0.25, 0.3) is 0 Å². The molecule has 0 saturated heterocycles. The van der Waals surface area contributed by atoms with Crippen molar-refractivity contribution < 1.29 is 27.5 Å². The molecule has 0 aliphatic rings. The topological polar surface area (TPSA) is 75.4 Å². The summed E-state index contributed by atoms with van der Waals surface area (Å²) >= 11 is 0. The maximum atomic E-state index is 12.5. The Hall–Kier alpha value is -1.57. The van der Waals surface area contributed by atoms with Crippen molar-refractivity contribution in [1.82, 2.24) is 10.3 Å². The molecular weight excluding hydrogens is 289 g/mol. The van der Waals surface area contributed by atoms with Gasteiger partial charge in [0.25, 0.3) is 5.91 Å². The number of oxazole rings is 1. The fourth-order valence-electron chi connectivity index (χ4n) is 1.70. The first kappa shape index (κ1) is 17.5. The van der Waals surface area contributed by atoms with Gasteiger partial charge in [0, 0.05) is 5.92 Å². The molecule has 120 valence electrons. The van der Waals surface area contributed by atoms with Gasteiger partial charge in [0.2, 0.25) is 5.76 Å². The normalized spacial score (nSPS) is 14.4. The number of amides is 1. The number of aryl methyl sites for hydroxylation is 1. The molecule has 0 aliphatic heterocycles. The highest BCUT2D eigenvalue weighted by molar-refractivity contribution is 5.93. The second kappa shape index (κ2) is 5.67. The largest absolute Gasteiger partial charge is 0.435 e. The Bertz CT molecular complexity index is 521. The van der Waals surface area contributed by atoms with Gasteiger partial charge in [-0.05, 0) is 20.8 Å². The second-order valence-electron chi connectivity index (χ2n) is 5.74. The van der Waals surface area contributed by atoms with Crippen molar-refractivity contribution in [2.24, 2.45) is 0 Å². The Labute approximate surface area is 120 Å². The van der Waals surface area contributed by atoms with E-state index in [1.54, 1.807) is 0 Å². The molecule has 2 N–H and O–H groups in total. The second-order valence-corrected chi connectivity index (χ2v) is 5.74. The highest BCUT2D eigenvalue weighted by Crippen LogP contribution is 2.28. The maximum absolute atomic E-state index is 12.5. The summed E-state index contributed by atoms with van der Waals surface area (Å²) in [5, 5.41) is 11.4. The highest BCUT2D eigenvalue weighted by Gasteiger charge is 2.49. The predicted molar refractivity (Wildman–Crippen MR) is 68.9 cm³/mol.